The minimum absolute atomic E-state index is 0.584. The summed E-state index contributed by atoms with van der Waals surface area (Å²) in [7, 11) is 0. The Balaban J connectivity index is 2.08. The maximum atomic E-state index is 5.93. The Morgan fingerprint density at radius 3 is 2.81 bits per heavy atom. The van der Waals surface area contributed by atoms with Gasteiger partial charge in [0.05, 0.1) is 11.0 Å². The molecule has 0 saturated carbocycles. The van der Waals surface area contributed by atoms with Crippen molar-refractivity contribution in [1.29, 1.82) is 0 Å². The van der Waals surface area contributed by atoms with E-state index in [9.17, 15) is 0 Å². The van der Waals surface area contributed by atoms with Crippen LogP contribution in [0.3, 0.4) is 0 Å². The van der Waals surface area contributed by atoms with E-state index in [1.165, 1.54) is 16.6 Å². The number of nitrogens with zero attached hydrogens (tertiary/aromatic N) is 2. The lowest BCUT2D eigenvalue weighted by Gasteiger charge is -2.09. The van der Waals surface area contributed by atoms with Crippen molar-refractivity contribution in [3.63, 3.8) is 0 Å². The third-order valence-corrected chi connectivity index (χ3v) is 4.21. The van der Waals surface area contributed by atoms with Gasteiger partial charge in [-0.2, -0.15) is 0 Å². The zero-order valence-electron chi connectivity index (χ0n) is 11.8. The molecule has 21 heavy (non-hydrogen) atoms. The molecule has 0 bridgehead atoms. The molecule has 3 rings (SSSR count). The molecular formula is C17H16BrClN2. The van der Waals surface area contributed by atoms with Crippen molar-refractivity contribution < 1.29 is 0 Å². The lowest BCUT2D eigenvalue weighted by Crippen LogP contribution is -2.06. The number of benzene rings is 2. The molecule has 2 aromatic carbocycles. The van der Waals surface area contributed by atoms with Crippen molar-refractivity contribution in [1.82, 2.24) is 9.55 Å². The first kappa shape index (κ1) is 14.6. The molecule has 1 aromatic heterocycles. The van der Waals surface area contributed by atoms with Crippen molar-refractivity contribution in [2.45, 2.75) is 19.9 Å². The van der Waals surface area contributed by atoms with E-state index in [1.807, 2.05) is 6.07 Å². The van der Waals surface area contributed by atoms with Crippen LogP contribution in [0, 0.1) is 6.92 Å². The number of halogens is 2. The fourth-order valence-corrected chi connectivity index (χ4v) is 3.18. The smallest absolute Gasteiger partial charge is 0.111 e. The van der Waals surface area contributed by atoms with Crippen molar-refractivity contribution in [3.05, 3.63) is 63.9 Å². The van der Waals surface area contributed by atoms with E-state index in [4.69, 9.17) is 16.6 Å². The fraction of sp³-hybridized carbons (Fsp3) is 0.235. The van der Waals surface area contributed by atoms with Gasteiger partial charge in [0.15, 0.2) is 0 Å². The number of aromatic nitrogens is 2. The number of aryl methyl sites for hydroxylation is 2. The second-order valence-corrected chi connectivity index (χ2v) is 6.47. The van der Waals surface area contributed by atoms with Crippen LogP contribution >= 0.6 is 27.5 Å². The zero-order valence-corrected chi connectivity index (χ0v) is 14.2. The van der Waals surface area contributed by atoms with Crippen LogP contribution in [-0.4, -0.2) is 15.4 Å². The summed E-state index contributed by atoms with van der Waals surface area (Å²) in [5, 5.41) is 0. The molecule has 0 aliphatic heterocycles. The first-order valence-electron chi connectivity index (χ1n) is 6.93. The highest BCUT2D eigenvalue weighted by molar-refractivity contribution is 9.10. The maximum absolute atomic E-state index is 5.93. The Morgan fingerprint density at radius 2 is 2.05 bits per heavy atom. The first-order valence-corrected chi connectivity index (χ1v) is 8.26. The van der Waals surface area contributed by atoms with Crippen LogP contribution in [0.4, 0.5) is 0 Å². The normalized spacial score (nSPS) is 11.2. The van der Waals surface area contributed by atoms with E-state index < -0.39 is 0 Å². The third kappa shape index (κ3) is 3.14. The van der Waals surface area contributed by atoms with Crippen LogP contribution in [0.5, 0.6) is 0 Å². The summed E-state index contributed by atoms with van der Waals surface area (Å²) in [5.41, 5.74) is 4.69. The highest BCUT2D eigenvalue weighted by Crippen LogP contribution is 2.21. The Labute approximate surface area is 137 Å². The van der Waals surface area contributed by atoms with E-state index in [2.05, 4.69) is 63.8 Å². The Kier molecular flexibility index (Phi) is 4.32. The third-order valence-electron chi connectivity index (χ3n) is 3.53. The molecule has 4 heteroatoms. The largest absolute Gasteiger partial charge is 0.323 e. The monoisotopic (exact) mass is 362 g/mol. The molecule has 1 heterocycles. The summed E-state index contributed by atoms with van der Waals surface area (Å²) in [6.45, 7) is 2.90. The average molecular weight is 364 g/mol. The molecule has 3 aromatic rings. The van der Waals surface area contributed by atoms with Gasteiger partial charge in [-0.25, -0.2) is 4.98 Å². The molecule has 0 amide bonds. The molecular weight excluding hydrogens is 348 g/mol. The highest BCUT2D eigenvalue weighted by atomic mass is 79.9. The maximum Gasteiger partial charge on any atom is 0.111 e. The number of rotatable bonds is 4. The van der Waals surface area contributed by atoms with Crippen LogP contribution in [0.2, 0.25) is 0 Å². The number of imidazole rings is 1. The van der Waals surface area contributed by atoms with Crippen LogP contribution in [-0.2, 0) is 13.0 Å². The Hall–Kier alpha value is -1.32. The second-order valence-electron chi connectivity index (χ2n) is 5.18. The van der Waals surface area contributed by atoms with Gasteiger partial charge in [0.25, 0.3) is 0 Å². The summed E-state index contributed by atoms with van der Waals surface area (Å²) < 4.78 is 3.36. The number of alkyl halides is 1. The van der Waals surface area contributed by atoms with Gasteiger partial charge < -0.3 is 4.57 Å². The van der Waals surface area contributed by atoms with Crippen LogP contribution in [0.15, 0.2) is 46.9 Å². The van der Waals surface area contributed by atoms with Crippen LogP contribution in [0.25, 0.3) is 11.0 Å². The lowest BCUT2D eigenvalue weighted by molar-refractivity contribution is 0.754. The molecule has 0 aliphatic rings. The molecule has 108 valence electrons. The number of fused-ring (bicyclic) bond motifs is 1. The van der Waals surface area contributed by atoms with Crippen molar-refractivity contribution in [2.75, 3.05) is 5.88 Å². The Bertz CT molecular complexity index is 780. The number of hydrogen-bond acceptors (Lipinski definition) is 1. The summed E-state index contributed by atoms with van der Waals surface area (Å²) >= 11 is 9.46. The fourth-order valence-electron chi connectivity index (χ4n) is 2.56. The molecule has 0 unspecified atom stereocenters. The first-order chi connectivity index (χ1) is 10.2. The van der Waals surface area contributed by atoms with Crippen LogP contribution < -0.4 is 0 Å². The molecule has 0 spiro atoms. The zero-order chi connectivity index (χ0) is 14.8. The van der Waals surface area contributed by atoms with Gasteiger partial charge in [-0.05, 0) is 42.3 Å². The predicted octanol–water partition coefficient (Wildman–Crippen LogP) is 4.94. The van der Waals surface area contributed by atoms with Gasteiger partial charge in [-0.1, -0.05) is 34.1 Å². The van der Waals surface area contributed by atoms with Gasteiger partial charge in [0.2, 0.25) is 0 Å². The van der Waals surface area contributed by atoms with Gasteiger partial charge >= 0.3 is 0 Å². The molecule has 2 nitrogen and oxygen atoms in total. The van der Waals surface area contributed by atoms with Gasteiger partial charge in [-0.15, -0.1) is 11.6 Å². The van der Waals surface area contributed by atoms with Crippen LogP contribution in [0.1, 0.15) is 17.0 Å². The number of hydrogen-bond donors (Lipinski definition) is 0. The summed E-state index contributed by atoms with van der Waals surface area (Å²) in [4.78, 5) is 4.75. The quantitative estimate of drug-likeness (QED) is 0.601. The minimum atomic E-state index is 0.584. The molecule has 0 atom stereocenters. The van der Waals surface area contributed by atoms with Crippen molar-refractivity contribution in [3.8, 4) is 0 Å². The van der Waals surface area contributed by atoms with E-state index in [0.717, 1.165) is 28.8 Å². The molecule has 0 N–H and O–H groups in total. The van der Waals surface area contributed by atoms with E-state index >= 15 is 0 Å². The molecule has 0 aliphatic carbocycles. The second kappa shape index (κ2) is 6.20. The average Bonchev–Trinajstić information content (AvgIpc) is 2.76. The van der Waals surface area contributed by atoms with Crippen molar-refractivity contribution >= 4 is 38.6 Å². The molecule has 0 fully saturated rings. The molecule has 0 saturated heterocycles. The summed E-state index contributed by atoms with van der Waals surface area (Å²) in [6, 6.07) is 14.8. The van der Waals surface area contributed by atoms with Crippen molar-refractivity contribution in [2.24, 2.45) is 0 Å². The SMILES string of the molecule is Cc1ccc2c(c1)nc(CCCl)n2Cc1cccc(Br)c1. The topological polar surface area (TPSA) is 17.8 Å². The van der Waals surface area contributed by atoms with Gasteiger partial charge in [0.1, 0.15) is 5.82 Å². The summed E-state index contributed by atoms with van der Waals surface area (Å²) in [6.07, 6.45) is 0.781. The van der Waals surface area contributed by atoms with E-state index in [1.54, 1.807) is 0 Å². The van der Waals surface area contributed by atoms with E-state index in [0.29, 0.717) is 5.88 Å². The highest BCUT2D eigenvalue weighted by Gasteiger charge is 2.11. The Morgan fingerprint density at radius 1 is 1.19 bits per heavy atom. The van der Waals surface area contributed by atoms with Gasteiger partial charge in [-0.3, -0.25) is 0 Å². The molecule has 0 radical (unpaired) electrons. The van der Waals surface area contributed by atoms with E-state index in [-0.39, 0.29) is 0 Å². The minimum Gasteiger partial charge on any atom is -0.323 e. The lowest BCUT2D eigenvalue weighted by atomic mass is 10.2. The standard InChI is InChI=1S/C17H16BrClN2/c1-12-5-6-16-15(9-12)20-17(7-8-19)21(16)11-13-3-2-4-14(18)10-13/h2-6,9-10H,7-8,11H2,1H3. The predicted molar refractivity (Wildman–Crippen MR) is 92.1 cm³/mol. The summed E-state index contributed by atoms with van der Waals surface area (Å²) in [5.74, 6) is 1.63. The van der Waals surface area contributed by atoms with Gasteiger partial charge in [0, 0.05) is 23.3 Å².